The molecule has 0 atom stereocenters. The first-order chi connectivity index (χ1) is 13.1. The normalized spacial score (nSPS) is 16.1. The van der Waals surface area contributed by atoms with Crippen molar-refractivity contribution in [3.8, 4) is 11.1 Å². The lowest BCUT2D eigenvalue weighted by Crippen LogP contribution is -2.47. The Balaban J connectivity index is 1.54. The average Bonchev–Trinajstić information content (AvgIpc) is 2.70. The van der Waals surface area contributed by atoms with Crippen LogP contribution in [0.15, 0.2) is 78.9 Å². The van der Waals surface area contributed by atoms with Gasteiger partial charge in [0.15, 0.2) is 0 Å². The highest BCUT2D eigenvalue weighted by Crippen LogP contribution is 2.30. The molecule has 3 nitrogen and oxygen atoms in total. The molecule has 1 saturated heterocycles. The van der Waals surface area contributed by atoms with E-state index >= 15 is 0 Å². The number of hydrogen-bond acceptors (Lipinski definition) is 3. The summed E-state index contributed by atoms with van der Waals surface area (Å²) in [5, 5.41) is 3.51. The van der Waals surface area contributed by atoms with Gasteiger partial charge >= 0.3 is 7.12 Å². The van der Waals surface area contributed by atoms with Crippen molar-refractivity contribution >= 4 is 24.0 Å². The van der Waals surface area contributed by atoms with E-state index in [1.54, 1.807) is 0 Å². The number of hydrogen-bond donors (Lipinski definition) is 1. The van der Waals surface area contributed by atoms with Crippen LogP contribution in [0.2, 0.25) is 0 Å². The maximum atomic E-state index is 5.89. The summed E-state index contributed by atoms with van der Waals surface area (Å²) >= 11 is 0. The summed E-state index contributed by atoms with van der Waals surface area (Å²) < 4.78 is 11.8. The van der Waals surface area contributed by atoms with Crippen LogP contribution in [0.25, 0.3) is 11.1 Å². The summed E-state index contributed by atoms with van der Waals surface area (Å²) in [6, 6.07) is 27.0. The molecule has 3 aromatic carbocycles. The van der Waals surface area contributed by atoms with E-state index in [2.05, 4.69) is 79.8 Å². The summed E-state index contributed by atoms with van der Waals surface area (Å²) in [5.74, 6) is 0. The van der Waals surface area contributed by atoms with E-state index in [-0.39, 0.29) is 12.5 Å². The molecule has 1 N–H and O–H groups in total. The second-order valence-corrected chi connectivity index (χ2v) is 7.78. The quantitative estimate of drug-likeness (QED) is 0.676. The van der Waals surface area contributed by atoms with Gasteiger partial charge in [0.05, 0.1) is 0 Å². The zero-order chi connectivity index (χ0) is 18.7. The fourth-order valence-electron chi connectivity index (χ4n) is 3.23. The monoisotopic (exact) mass is 357 g/mol. The lowest BCUT2D eigenvalue weighted by atomic mass is 9.75. The van der Waals surface area contributed by atoms with Crippen LogP contribution in [0.4, 0.5) is 11.4 Å². The van der Waals surface area contributed by atoms with Crippen molar-refractivity contribution in [3.05, 3.63) is 78.9 Å². The minimum absolute atomic E-state index is 0.0818. The van der Waals surface area contributed by atoms with Gasteiger partial charge in [0.1, 0.15) is 0 Å². The largest absolute Gasteiger partial charge is 0.493 e. The standard InChI is InChI=1S/C23H24BNO2/c1-23(2)16-26-24(27-17-23)19-14-12-18(13-15-19)21-10-6-7-11-22(21)25-20-8-4-3-5-9-20/h3-15,25H,16-17H2,1-2H3. The SMILES string of the molecule is CC1(C)COB(c2ccc(-c3ccccc3Nc3ccccc3)cc2)OC1. The van der Waals surface area contributed by atoms with Gasteiger partial charge in [-0.1, -0.05) is 74.5 Å². The Kier molecular flexibility index (Phi) is 5.02. The number of anilines is 2. The van der Waals surface area contributed by atoms with Crippen LogP contribution in [0.1, 0.15) is 13.8 Å². The first-order valence-corrected chi connectivity index (χ1v) is 9.35. The van der Waals surface area contributed by atoms with E-state index in [0.717, 1.165) is 22.4 Å². The second kappa shape index (κ2) is 7.59. The van der Waals surface area contributed by atoms with Gasteiger partial charge in [-0.05, 0) is 29.2 Å². The molecule has 0 bridgehead atoms. The van der Waals surface area contributed by atoms with Gasteiger partial charge in [0.2, 0.25) is 0 Å². The summed E-state index contributed by atoms with van der Waals surface area (Å²) in [5.41, 5.74) is 5.63. The van der Waals surface area contributed by atoms with E-state index in [1.807, 2.05) is 18.2 Å². The van der Waals surface area contributed by atoms with E-state index < -0.39 is 0 Å². The van der Waals surface area contributed by atoms with Gasteiger partial charge < -0.3 is 14.6 Å². The van der Waals surface area contributed by atoms with Crippen molar-refractivity contribution in [2.24, 2.45) is 5.41 Å². The lowest BCUT2D eigenvalue weighted by molar-refractivity contribution is 0.0343. The molecule has 1 heterocycles. The van der Waals surface area contributed by atoms with Crippen LogP contribution in [-0.2, 0) is 9.31 Å². The number of rotatable bonds is 4. The van der Waals surface area contributed by atoms with Crippen molar-refractivity contribution in [1.82, 2.24) is 0 Å². The third kappa shape index (κ3) is 4.24. The van der Waals surface area contributed by atoms with Gasteiger partial charge in [-0.3, -0.25) is 0 Å². The molecule has 27 heavy (non-hydrogen) atoms. The molecule has 0 aromatic heterocycles. The number of para-hydroxylation sites is 2. The molecular formula is C23H24BNO2. The molecule has 3 aromatic rings. The van der Waals surface area contributed by atoms with Crippen LogP contribution in [-0.4, -0.2) is 20.3 Å². The Bertz CT molecular complexity index is 884. The molecule has 4 rings (SSSR count). The summed E-state index contributed by atoms with van der Waals surface area (Å²) in [6.45, 7) is 5.73. The minimum atomic E-state index is -0.273. The first-order valence-electron chi connectivity index (χ1n) is 9.35. The third-order valence-electron chi connectivity index (χ3n) is 4.72. The van der Waals surface area contributed by atoms with Gasteiger partial charge in [0.25, 0.3) is 0 Å². The van der Waals surface area contributed by atoms with Crippen LogP contribution in [0.5, 0.6) is 0 Å². The molecule has 1 aliphatic rings. The predicted molar refractivity (Wildman–Crippen MR) is 113 cm³/mol. The third-order valence-corrected chi connectivity index (χ3v) is 4.72. The van der Waals surface area contributed by atoms with E-state index in [1.165, 1.54) is 5.56 Å². The predicted octanol–water partition coefficient (Wildman–Crippen LogP) is 4.87. The topological polar surface area (TPSA) is 30.5 Å². The Labute approximate surface area is 161 Å². The van der Waals surface area contributed by atoms with Gasteiger partial charge in [-0.25, -0.2) is 0 Å². The molecule has 0 radical (unpaired) electrons. The van der Waals surface area contributed by atoms with Crippen LogP contribution >= 0.6 is 0 Å². The van der Waals surface area contributed by atoms with Crippen molar-refractivity contribution in [2.75, 3.05) is 18.5 Å². The fraction of sp³-hybridized carbons (Fsp3) is 0.217. The van der Waals surface area contributed by atoms with Gasteiger partial charge in [-0.2, -0.15) is 0 Å². The number of benzene rings is 3. The molecule has 136 valence electrons. The highest BCUT2D eigenvalue weighted by molar-refractivity contribution is 6.61. The Morgan fingerprint density at radius 2 is 1.41 bits per heavy atom. The summed E-state index contributed by atoms with van der Waals surface area (Å²) in [4.78, 5) is 0. The minimum Gasteiger partial charge on any atom is -0.407 e. The highest BCUT2D eigenvalue weighted by Gasteiger charge is 2.33. The molecule has 0 amide bonds. The highest BCUT2D eigenvalue weighted by atomic mass is 16.6. The van der Waals surface area contributed by atoms with Crippen LogP contribution in [0, 0.1) is 5.41 Å². The first kappa shape index (κ1) is 17.8. The second-order valence-electron chi connectivity index (χ2n) is 7.78. The lowest BCUT2D eigenvalue weighted by Gasteiger charge is -2.33. The smallest absolute Gasteiger partial charge is 0.407 e. The molecule has 4 heteroatoms. The molecule has 1 aliphatic heterocycles. The summed E-state index contributed by atoms with van der Waals surface area (Å²) in [6.07, 6.45) is 0. The molecule has 0 saturated carbocycles. The van der Waals surface area contributed by atoms with E-state index in [0.29, 0.717) is 13.2 Å². The average molecular weight is 357 g/mol. The fourth-order valence-corrected chi connectivity index (χ4v) is 3.23. The molecule has 0 unspecified atom stereocenters. The summed E-state index contributed by atoms with van der Waals surface area (Å²) in [7, 11) is -0.273. The Morgan fingerprint density at radius 3 is 2.11 bits per heavy atom. The molecule has 1 fully saturated rings. The zero-order valence-corrected chi connectivity index (χ0v) is 15.8. The Morgan fingerprint density at radius 1 is 0.778 bits per heavy atom. The zero-order valence-electron chi connectivity index (χ0n) is 15.8. The molecular weight excluding hydrogens is 333 g/mol. The van der Waals surface area contributed by atoms with Crippen molar-refractivity contribution in [2.45, 2.75) is 13.8 Å². The Hall–Kier alpha value is -2.56. The molecule has 0 spiro atoms. The van der Waals surface area contributed by atoms with Gasteiger partial charge in [0, 0.05) is 35.6 Å². The number of nitrogens with one attached hydrogen (secondary N) is 1. The van der Waals surface area contributed by atoms with E-state index in [9.17, 15) is 0 Å². The van der Waals surface area contributed by atoms with Crippen molar-refractivity contribution in [1.29, 1.82) is 0 Å². The molecule has 0 aliphatic carbocycles. The maximum Gasteiger partial charge on any atom is 0.493 e. The maximum absolute atomic E-state index is 5.89. The van der Waals surface area contributed by atoms with Crippen LogP contribution < -0.4 is 10.8 Å². The van der Waals surface area contributed by atoms with Gasteiger partial charge in [-0.15, -0.1) is 0 Å². The van der Waals surface area contributed by atoms with Crippen molar-refractivity contribution < 1.29 is 9.31 Å². The van der Waals surface area contributed by atoms with Crippen molar-refractivity contribution in [3.63, 3.8) is 0 Å². The van der Waals surface area contributed by atoms with E-state index in [4.69, 9.17) is 9.31 Å². The van der Waals surface area contributed by atoms with Crippen LogP contribution in [0.3, 0.4) is 0 Å².